The number of hydrogen-bond acceptors (Lipinski definition) is 4. The molecule has 0 aliphatic carbocycles. The Kier molecular flexibility index (Phi) is 3.16. The number of nitrogens with two attached hydrogens (primary N) is 1. The van der Waals surface area contributed by atoms with Crippen molar-refractivity contribution in [2.45, 2.75) is 5.75 Å². The van der Waals surface area contributed by atoms with Gasteiger partial charge in [0.15, 0.2) is 9.63 Å². The van der Waals surface area contributed by atoms with Gasteiger partial charge in [0.25, 0.3) is 0 Å². The fraction of sp³-hybridized carbons (Fsp3) is 0.200. The third kappa shape index (κ3) is 3.09. The zero-order chi connectivity index (χ0) is 8.27. The highest BCUT2D eigenvalue weighted by molar-refractivity contribution is 8.13. The zero-order valence-corrected chi connectivity index (χ0v) is 7.89. The monoisotopic (exact) mass is 207 g/mol. The summed E-state index contributed by atoms with van der Waals surface area (Å²) in [5.41, 5.74) is 5.14. The molecule has 0 radical (unpaired) electrons. The number of thioether (sulfide) groups is 1. The van der Waals surface area contributed by atoms with Crippen LogP contribution in [-0.4, -0.2) is 10.2 Å². The molecule has 0 aromatic carbocycles. The Hall–Kier alpha value is -0.260. The Bertz CT molecular complexity index is 260. The van der Waals surface area contributed by atoms with Crippen molar-refractivity contribution >= 4 is 39.9 Å². The lowest BCUT2D eigenvalue weighted by Gasteiger charge is -1.92. The van der Waals surface area contributed by atoms with Gasteiger partial charge in [-0.15, -0.1) is 11.3 Å². The molecule has 6 heteroatoms. The molecule has 1 aromatic rings. The molecule has 0 aliphatic heterocycles. The van der Waals surface area contributed by atoms with Crippen LogP contribution in [0.25, 0.3) is 0 Å². The van der Waals surface area contributed by atoms with E-state index in [4.69, 9.17) is 22.7 Å². The van der Waals surface area contributed by atoms with Crippen LogP contribution in [0.5, 0.6) is 0 Å². The van der Waals surface area contributed by atoms with Gasteiger partial charge >= 0.3 is 0 Å². The van der Waals surface area contributed by atoms with Gasteiger partial charge in [0.1, 0.15) is 0 Å². The third-order valence-corrected chi connectivity index (χ3v) is 2.96. The topological polar surface area (TPSA) is 62.8 Å². The number of nitrogens with one attached hydrogen (secondary N) is 1. The summed E-state index contributed by atoms with van der Waals surface area (Å²) >= 11 is 8.27. The van der Waals surface area contributed by atoms with E-state index < -0.39 is 0 Å². The highest BCUT2D eigenvalue weighted by Gasteiger charge is 1.99. The van der Waals surface area contributed by atoms with E-state index in [-0.39, 0.29) is 5.17 Å². The van der Waals surface area contributed by atoms with Crippen LogP contribution < -0.4 is 5.73 Å². The minimum absolute atomic E-state index is 0.120. The van der Waals surface area contributed by atoms with Crippen LogP contribution in [0.1, 0.15) is 4.88 Å². The van der Waals surface area contributed by atoms with E-state index in [1.54, 1.807) is 6.20 Å². The van der Waals surface area contributed by atoms with Crippen LogP contribution >= 0.6 is 34.7 Å². The number of nitrogens with zero attached hydrogens (tertiary/aromatic N) is 1. The molecule has 0 spiro atoms. The van der Waals surface area contributed by atoms with E-state index in [1.165, 1.54) is 23.1 Å². The van der Waals surface area contributed by atoms with Gasteiger partial charge in [-0.05, 0) is 0 Å². The summed E-state index contributed by atoms with van der Waals surface area (Å²) in [5.74, 6) is 0.680. The van der Waals surface area contributed by atoms with Crippen LogP contribution in [0.15, 0.2) is 6.20 Å². The van der Waals surface area contributed by atoms with Crippen molar-refractivity contribution in [2.75, 3.05) is 0 Å². The van der Waals surface area contributed by atoms with E-state index in [0.29, 0.717) is 10.2 Å². The van der Waals surface area contributed by atoms with E-state index in [0.717, 1.165) is 4.88 Å². The lowest BCUT2D eigenvalue weighted by molar-refractivity contribution is 1.37. The average Bonchev–Trinajstić information content (AvgIpc) is 2.31. The van der Waals surface area contributed by atoms with Gasteiger partial charge in [-0.2, -0.15) is 0 Å². The first kappa shape index (κ1) is 8.83. The molecule has 0 saturated heterocycles. The molecule has 1 heterocycles. The molecule has 0 bridgehead atoms. The van der Waals surface area contributed by atoms with Crippen molar-refractivity contribution < 1.29 is 0 Å². The Balaban J connectivity index is 2.45. The van der Waals surface area contributed by atoms with Crippen molar-refractivity contribution in [3.63, 3.8) is 0 Å². The number of aromatic nitrogens is 1. The van der Waals surface area contributed by atoms with Crippen LogP contribution in [0, 0.1) is 5.41 Å². The van der Waals surface area contributed by atoms with Crippen molar-refractivity contribution in [3.8, 4) is 0 Å². The SMILES string of the molecule is N=C(N)SCc1cnc(Cl)s1. The quantitative estimate of drug-likeness (QED) is 0.576. The summed E-state index contributed by atoms with van der Waals surface area (Å²) in [4.78, 5) is 4.89. The highest BCUT2D eigenvalue weighted by Crippen LogP contribution is 2.21. The van der Waals surface area contributed by atoms with Gasteiger partial charge in [-0.3, -0.25) is 5.41 Å². The summed E-state index contributed by atoms with van der Waals surface area (Å²) in [5, 5.41) is 7.06. The van der Waals surface area contributed by atoms with E-state index in [2.05, 4.69) is 4.98 Å². The molecule has 0 aliphatic rings. The molecule has 0 amide bonds. The first-order chi connectivity index (χ1) is 5.18. The lowest BCUT2D eigenvalue weighted by atomic mass is 10.6. The molecule has 0 fully saturated rings. The van der Waals surface area contributed by atoms with E-state index in [9.17, 15) is 0 Å². The number of rotatable bonds is 2. The van der Waals surface area contributed by atoms with Crippen LogP contribution in [-0.2, 0) is 5.75 Å². The van der Waals surface area contributed by atoms with Gasteiger partial charge in [0.05, 0.1) is 0 Å². The Morgan fingerprint density at radius 1 is 1.91 bits per heavy atom. The van der Waals surface area contributed by atoms with Gasteiger partial charge in [-0.25, -0.2) is 4.98 Å². The molecule has 1 rings (SSSR count). The maximum Gasteiger partial charge on any atom is 0.183 e. The van der Waals surface area contributed by atoms with Crippen molar-refractivity contribution in [1.29, 1.82) is 5.41 Å². The maximum atomic E-state index is 6.94. The van der Waals surface area contributed by atoms with Crippen molar-refractivity contribution in [3.05, 3.63) is 15.5 Å². The summed E-state index contributed by atoms with van der Waals surface area (Å²) in [6.07, 6.45) is 1.70. The minimum Gasteiger partial charge on any atom is -0.379 e. The number of hydrogen-bond donors (Lipinski definition) is 2. The molecule has 3 nitrogen and oxygen atoms in total. The van der Waals surface area contributed by atoms with E-state index >= 15 is 0 Å². The van der Waals surface area contributed by atoms with Gasteiger partial charge in [0.2, 0.25) is 0 Å². The first-order valence-electron chi connectivity index (χ1n) is 2.75. The van der Waals surface area contributed by atoms with E-state index in [1.807, 2.05) is 0 Å². The normalized spacial score (nSPS) is 9.91. The zero-order valence-electron chi connectivity index (χ0n) is 5.50. The number of amidine groups is 1. The second-order valence-corrected chi connectivity index (χ2v) is 4.45. The highest BCUT2D eigenvalue weighted by atomic mass is 35.5. The molecule has 60 valence electrons. The molecule has 0 unspecified atom stereocenters. The number of thiazole rings is 1. The van der Waals surface area contributed by atoms with Crippen LogP contribution in [0.3, 0.4) is 0 Å². The second-order valence-electron chi connectivity index (χ2n) is 1.73. The molecular formula is C5H6ClN3S2. The summed E-state index contributed by atoms with van der Waals surface area (Å²) in [7, 11) is 0. The van der Waals surface area contributed by atoms with Crippen molar-refractivity contribution in [2.24, 2.45) is 5.73 Å². The standard InChI is InChI=1S/C5H6ClN3S2/c6-4-9-1-3(11-4)2-10-5(7)8/h1H,2H2,(H3,7,8). The largest absolute Gasteiger partial charge is 0.379 e. The second kappa shape index (κ2) is 3.94. The minimum atomic E-state index is 0.120. The average molecular weight is 208 g/mol. The molecule has 0 saturated carbocycles. The molecule has 0 atom stereocenters. The van der Waals surface area contributed by atoms with Gasteiger partial charge < -0.3 is 5.73 Å². The van der Waals surface area contributed by atoms with Gasteiger partial charge in [0, 0.05) is 16.8 Å². The third-order valence-electron chi connectivity index (χ3n) is 0.895. The smallest absolute Gasteiger partial charge is 0.183 e. The Labute approximate surface area is 77.5 Å². The molecule has 3 N–H and O–H groups in total. The predicted molar refractivity (Wildman–Crippen MR) is 50.3 cm³/mol. The molecular weight excluding hydrogens is 202 g/mol. The fourth-order valence-corrected chi connectivity index (χ4v) is 2.06. The molecule has 11 heavy (non-hydrogen) atoms. The maximum absolute atomic E-state index is 6.94. The van der Waals surface area contributed by atoms with Crippen molar-refractivity contribution in [1.82, 2.24) is 4.98 Å². The fourth-order valence-electron chi connectivity index (χ4n) is 0.499. The summed E-state index contributed by atoms with van der Waals surface area (Å²) < 4.78 is 0.532. The van der Waals surface area contributed by atoms with Gasteiger partial charge in [-0.1, -0.05) is 23.4 Å². The Morgan fingerprint density at radius 2 is 2.64 bits per heavy atom. The first-order valence-corrected chi connectivity index (χ1v) is 4.93. The van der Waals surface area contributed by atoms with Crippen LogP contribution in [0.4, 0.5) is 0 Å². The summed E-state index contributed by atoms with van der Waals surface area (Å²) in [6, 6.07) is 0. The molecule has 1 aromatic heterocycles. The summed E-state index contributed by atoms with van der Waals surface area (Å²) in [6.45, 7) is 0. The predicted octanol–water partition coefficient (Wildman–Crippen LogP) is 1.92. The number of halogens is 1. The van der Waals surface area contributed by atoms with Crippen LogP contribution in [0.2, 0.25) is 4.47 Å². The Morgan fingerprint density at radius 3 is 3.09 bits per heavy atom. The lowest BCUT2D eigenvalue weighted by Crippen LogP contribution is -2.03.